The molecule has 0 bridgehead atoms. The Hall–Kier alpha value is -2.82. The minimum Gasteiger partial charge on any atom is -0.497 e. The minimum atomic E-state index is 0.530. The van der Waals surface area contributed by atoms with Crippen LogP contribution >= 0.6 is 0 Å². The SMILES string of the molecule is COc1ccc(-c2nnn(-c3c(C)cccc3C)c2N)cc1. The second kappa shape index (κ2) is 5.52. The van der Waals surface area contributed by atoms with Gasteiger partial charge in [0.1, 0.15) is 11.4 Å². The van der Waals surface area contributed by atoms with E-state index in [0.29, 0.717) is 11.5 Å². The zero-order chi connectivity index (χ0) is 15.7. The molecule has 1 heterocycles. The lowest BCUT2D eigenvalue weighted by Crippen LogP contribution is -2.06. The molecule has 0 radical (unpaired) electrons. The quantitative estimate of drug-likeness (QED) is 0.806. The van der Waals surface area contributed by atoms with E-state index in [1.54, 1.807) is 11.8 Å². The van der Waals surface area contributed by atoms with Crippen LogP contribution in [0.25, 0.3) is 16.9 Å². The first-order chi connectivity index (χ1) is 10.6. The second-order valence-electron chi connectivity index (χ2n) is 5.20. The summed E-state index contributed by atoms with van der Waals surface area (Å²) in [5.41, 5.74) is 11.1. The summed E-state index contributed by atoms with van der Waals surface area (Å²) in [5, 5.41) is 8.48. The highest BCUT2D eigenvalue weighted by Gasteiger charge is 2.15. The monoisotopic (exact) mass is 294 g/mol. The lowest BCUT2D eigenvalue weighted by atomic mass is 10.1. The van der Waals surface area contributed by atoms with E-state index in [4.69, 9.17) is 10.5 Å². The maximum Gasteiger partial charge on any atom is 0.155 e. The Morgan fingerprint density at radius 1 is 1.00 bits per heavy atom. The van der Waals surface area contributed by atoms with Crippen LogP contribution in [0, 0.1) is 13.8 Å². The van der Waals surface area contributed by atoms with Gasteiger partial charge in [0.15, 0.2) is 5.82 Å². The first-order valence-electron chi connectivity index (χ1n) is 7.04. The summed E-state index contributed by atoms with van der Waals surface area (Å²) >= 11 is 0. The molecule has 3 rings (SSSR count). The molecule has 3 aromatic rings. The molecule has 0 spiro atoms. The number of methoxy groups -OCH3 is 1. The summed E-state index contributed by atoms with van der Waals surface area (Å²) in [6.07, 6.45) is 0. The summed E-state index contributed by atoms with van der Waals surface area (Å²) in [6, 6.07) is 13.7. The van der Waals surface area contributed by atoms with Crippen molar-refractivity contribution in [2.75, 3.05) is 12.8 Å². The molecule has 0 saturated heterocycles. The lowest BCUT2D eigenvalue weighted by molar-refractivity contribution is 0.415. The smallest absolute Gasteiger partial charge is 0.155 e. The van der Waals surface area contributed by atoms with E-state index < -0.39 is 0 Å². The Morgan fingerprint density at radius 2 is 1.64 bits per heavy atom. The summed E-state index contributed by atoms with van der Waals surface area (Å²) in [5.74, 6) is 1.33. The summed E-state index contributed by atoms with van der Waals surface area (Å²) in [4.78, 5) is 0. The van der Waals surface area contributed by atoms with E-state index in [1.165, 1.54) is 0 Å². The van der Waals surface area contributed by atoms with Gasteiger partial charge in [0.2, 0.25) is 0 Å². The number of hydrogen-bond donors (Lipinski definition) is 1. The van der Waals surface area contributed by atoms with E-state index in [0.717, 1.165) is 28.1 Å². The number of nitrogen functional groups attached to an aromatic ring is 1. The number of aryl methyl sites for hydroxylation is 2. The van der Waals surface area contributed by atoms with E-state index in [2.05, 4.69) is 10.3 Å². The van der Waals surface area contributed by atoms with Crippen LogP contribution in [0.3, 0.4) is 0 Å². The van der Waals surface area contributed by atoms with E-state index >= 15 is 0 Å². The van der Waals surface area contributed by atoms with Crippen molar-refractivity contribution in [3.05, 3.63) is 53.6 Å². The number of nitrogens with zero attached hydrogens (tertiary/aromatic N) is 3. The maximum atomic E-state index is 6.28. The molecule has 5 heteroatoms. The van der Waals surface area contributed by atoms with Crippen molar-refractivity contribution in [2.45, 2.75) is 13.8 Å². The fourth-order valence-electron chi connectivity index (χ4n) is 2.55. The Bertz CT molecular complexity index is 786. The zero-order valence-electron chi connectivity index (χ0n) is 12.9. The van der Waals surface area contributed by atoms with Gasteiger partial charge in [0, 0.05) is 5.56 Å². The van der Waals surface area contributed by atoms with Crippen molar-refractivity contribution >= 4 is 5.82 Å². The van der Waals surface area contributed by atoms with Gasteiger partial charge in [-0.05, 0) is 49.2 Å². The van der Waals surface area contributed by atoms with Crippen LogP contribution in [0.4, 0.5) is 5.82 Å². The average Bonchev–Trinajstić information content (AvgIpc) is 2.89. The molecule has 2 N–H and O–H groups in total. The number of rotatable bonds is 3. The molecule has 22 heavy (non-hydrogen) atoms. The molecule has 0 aliphatic heterocycles. The van der Waals surface area contributed by atoms with Crippen LogP contribution in [0.1, 0.15) is 11.1 Å². The van der Waals surface area contributed by atoms with Gasteiger partial charge in [0.05, 0.1) is 12.8 Å². The molecule has 0 amide bonds. The number of hydrogen-bond acceptors (Lipinski definition) is 4. The van der Waals surface area contributed by atoms with Gasteiger partial charge in [-0.15, -0.1) is 5.10 Å². The highest BCUT2D eigenvalue weighted by atomic mass is 16.5. The predicted octanol–water partition coefficient (Wildman–Crippen LogP) is 3.14. The number of benzene rings is 2. The van der Waals surface area contributed by atoms with E-state index in [1.807, 2.05) is 56.3 Å². The van der Waals surface area contributed by atoms with Gasteiger partial charge in [-0.2, -0.15) is 4.68 Å². The number of anilines is 1. The third-order valence-electron chi connectivity index (χ3n) is 3.72. The molecule has 0 atom stereocenters. The zero-order valence-corrected chi connectivity index (χ0v) is 12.9. The largest absolute Gasteiger partial charge is 0.497 e. The Labute approximate surface area is 129 Å². The molecule has 0 aliphatic rings. The molecular weight excluding hydrogens is 276 g/mol. The lowest BCUT2D eigenvalue weighted by Gasteiger charge is -2.10. The standard InChI is InChI=1S/C17H18N4O/c1-11-5-4-6-12(2)16(11)21-17(18)15(19-20-21)13-7-9-14(22-3)10-8-13/h4-10H,18H2,1-3H3. The summed E-state index contributed by atoms with van der Waals surface area (Å²) in [7, 11) is 1.64. The van der Waals surface area contributed by atoms with Crippen LogP contribution in [-0.2, 0) is 0 Å². The molecular formula is C17H18N4O. The fourth-order valence-corrected chi connectivity index (χ4v) is 2.55. The third kappa shape index (κ3) is 2.30. The van der Waals surface area contributed by atoms with Crippen molar-refractivity contribution in [2.24, 2.45) is 0 Å². The normalized spacial score (nSPS) is 10.7. The molecule has 1 aromatic heterocycles. The first-order valence-corrected chi connectivity index (χ1v) is 7.04. The van der Waals surface area contributed by atoms with Gasteiger partial charge in [0.25, 0.3) is 0 Å². The molecule has 112 valence electrons. The summed E-state index contributed by atoms with van der Waals surface area (Å²) in [6.45, 7) is 4.08. The Balaban J connectivity index is 2.09. The Morgan fingerprint density at radius 3 is 2.23 bits per heavy atom. The highest BCUT2D eigenvalue weighted by Crippen LogP contribution is 2.28. The topological polar surface area (TPSA) is 66.0 Å². The van der Waals surface area contributed by atoms with Crippen LogP contribution in [0.2, 0.25) is 0 Å². The van der Waals surface area contributed by atoms with Crippen LogP contribution in [0.15, 0.2) is 42.5 Å². The first kappa shape index (κ1) is 14.1. The molecule has 0 saturated carbocycles. The molecule has 5 nitrogen and oxygen atoms in total. The van der Waals surface area contributed by atoms with Crippen molar-refractivity contribution in [1.29, 1.82) is 0 Å². The maximum absolute atomic E-state index is 6.28. The van der Waals surface area contributed by atoms with Crippen molar-refractivity contribution in [1.82, 2.24) is 15.0 Å². The Kier molecular flexibility index (Phi) is 3.55. The number of nitrogens with two attached hydrogens (primary N) is 1. The number of aromatic nitrogens is 3. The van der Waals surface area contributed by atoms with Crippen molar-refractivity contribution in [3.63, 3.8) is 0 Å². The fraction of sp³-hybridized carbons (Fsp3) is 0.176. The molecule has 0 fully saturated rings. The van der Waals surface area contributed by atoms with Gasteiger partial charge in [-0.3, -0.25) is 0 Å². The van der Waals surface area contributed by atoms with Crippen LogP contribution in [0.5, 0.6) is 5.75 Å². The second-order valence-corrected chi connectivity index (χ2v) is 5.20. The molecule has 2 aromatic carbocycles. The van der Waals surface area contributed by atoms with Crippen molar-refractivity contribution < 1.29 is 4.74 Å². The van der Waals surface area contributed by atoms with Gasteiger partial charge < -0.3 is 10.5 Å². The van der Waals surface area contributed by atoms with Crippen molar-refractivity contribution in [3.8, 4) is 22.7 Å². The van der Waals surface area contributed by atoms with Gasteiger partial charge in [-0.1, -0.05) is 23.4 Å². The van der Waals surface area contributed by atoms with Gasteiger partial charge >= 0.3 is 0 Å². The number of para-hydroxylation sites is 1. The molecule has 0 unspecified atom stereocenters. The average molecular weight is 294 g/mol. The molecule has 0 aliphatic carbocycles. The van der Waals surface area contributed by atoms with Crippen LogP contribution < -0.4 is 10.5 Å². The third-order valence-corrected chi connectivity index (χ3v) is 3.72. The van der Waals surface area contributed by atoms with E-state index in [9.17, 15) is 0 Å². The van der Waals surface area contributed by atoms with Crippen LogP contribution in [-0.4, -0.2) is 22.1 Å². The highest BCUT2D eigenvalue weighted by molar-refractivity contribution is 5.72. The van der Waals surface area contributed by atoms with Gasteiger partial charge in [-0.25, -0.2) is 0 Å². The minimum absolute atomic E-state index is 0.530. The van der Waals surface area contributed by atoms with E-state index in [-0.39, 0.29) is 0 Å². The number of ether oxygens (including phenoxy) is 1. The predicted molar refractivity (Wildman–Crippen MR) is 87.2 cm³/mol. The summed E-state index contributed by atoms with van der Waals surface area (Å²) < 4.78 is 6.87.